The van der Waals surface area contributed by atoms with Crippen LogP contribution in [-0.2, 0) is 11.3 Å². The van der Waals surface area contributed by atoms with Crippen LogP contribution in [0.2, 0.25) is 0 Å². The minimum atomic E-state index is -0.577. The highest BCUT2D eigenvalue weighted by Gasteiger charge is 2.10. The average molecular weight is 209 g/mol. The molecule has 4 heteroatoms. The minimum absolute atomic E-state index is 0.0715. The highest BCUT2D eigenvalue weighted by Crippen LogP contribution is 2.23. The van der Waals surface area contributed by atoms with Crippen molar-refractivity contribution in [3.63, 3.8) is 0 Å². The topological polar surface area (TPSA) is 42.2 Å². The van der Waals surface area contributed by atoms with Crippen LogP contribution in [0.25, 0.3) is 0 Å². The molecule has 0 spiro atoms. The Labute approximate surface area is 88.0 Å². The zero-order valence-electron chi connectivity index (χ0n) is 8.71. The van der Waals surface area contributed by atoms with Crippen molar-refractivity contribution in [2.24, 2.45) is 0 Å². The molecule has 15 heavy (non-hydrogen) atoms. The zero-order chi connectivity index (χ0) is 11.3. The van der Waals surface area contributed by atoms with E-state index >= 15 is 0 Å². The quantitative estimate of drug-likeness (QED) is 0.763. The molecule has 0 bridgehead atoms. The van der Waals surface area contributed by atoms with Gasteiger partial charge in [0.1, 0.15) is 23.2 Å². The van der Waals surface area contributed by atoms with Gasteiger partial charge in [-0.3, -0.25) is 0 Å². The first kappa shape index (κ1) is 11.5. The van der Waals surface area contributed by atoms with Gasteiger partial charge in [-0.25, -0.2) is 4.39 Å². The van der Waals surface area contributed by atoms with Crippen LogP contribution in [0.15, 0.2) is 12.1 Å². The molecule has 0 radical (unpaired) electrons. The molecule has 0 N–H and O–H groups in total. The van der Waals surface area contributed by atoms with Crippen molar-refractivity contribution >= 4 is 0 Å². The van der Waals surface area contributed by atoms with Gasteiger partial charge in [-0.1, -0.05) is 0 Å². The molecule has 1 aromatic rings. The first-order chi connectivity index (χ1) is 7.22. The molecule has 0 saturated heterocycles. The van der Waals surface area contributed by atoms with Gasteiger partial charge in [-0.2, -0.15) is 5.26 Å². The summed E-state index contributed by atoms with van der Waals surface area (Å²) in [6, 6.07) is 4.65. The van der Waals surface area contributed by atoms with Gasteiger partial charge in [0.15, 0.2) is 0 Å². The number of rotatable bonds is 4. The van der Waals surface area contributed by atoms with Crippen molar-refractivity contribution in [1.29, 1.82) is 5.26 Å². The van der Waals surface area contributed by atoms with Crippen LogP contribution in [0, 0.1) is 17.1 Å². The summed E-state index contributed by atoms with van der Waals surface area (Å²) in [6.45, 7) is 2.73. The van der Waals surface area contributed by atoms with Crippen molar-refractivity contribution in [2.75, 3.05) is 13.7 Å². The van der Waals surface area contributed by atoms with E-state index < -0.39 is 5.82 Å². The van der Waals surface area contributed by atoms with E-state index in [0.29, 0.717) is 18.8 Å². The highest BCUT2D eigenvalue weighted by molar-refractivity contribution is 5.46. The van der Waals surface area contributed by atoms with E-state index in [2.05, 4.69) is 0 Å². The molecule has 0 aromatic heterocycles. The van der Waals surface area contributed by atoms with Crippen molar-refractivity contribution in [3.05, 3.63) is 29.1 Å². The second kappa shape index (κ2) is 5.32. The van der Waals surface area contributed by atoms with Gasteiger partial charge < -0.3 is 9.47 Å². The van der Waals surface area contributed by atoms with Crippen LogP contribution in [0.3, 0.4) is 0 Å². The first-order valence-corrected chi connectivity index (χ1v) is 4.57. The lowest BCUT2D eigenvalue weighted by Gasteiger charge is -2.07. The number of nitriles is 1. The van der Waals surface area contributed by atoms with E-state index in [0.717, 1.165) is 0 Å². The van der Waals surface area contributed by atoms with Gasteiger partial charge in [0.2, 0.25) is 0 Å². The second-order valence-corrected chi connectivity index (χ2v) is 2.90. The highest BCUT2D eigenvalue weighted by atomic mass is 19.1. The maximum atomic E-state index is 13.4. The molecule has 80 valence electrons. The number of methoxy groups -OCH3 is 1. The average Bonchev–Trinajstić information content (AvgIpc) is 2.25. The molecule has 0 amide bonds. The van der Waals surface area contributed by atoms with Gasteiger partial charge in [0.05, 0.1) is 13.7 Å². The van der Waals surface area contributed by atoms with E-state index in [4.69, 9.17) is 14.7 Å². The molecule has 0 aliphatic carbocycles. The molecule has 0 aliphatic rings. The number of benzene rings is 1. The third-order valence-corrected chi connectivity index (χ3v) is 1.92. The Morgan fingerprint density at radius 3 is 2.73 bits per heavy atom. The Balaban J connectivity index is 3.04. The van der Waals surface area contributed by atoms with Crippen LogP contribution in [0.5, 0.6) is 5.75 Å². The monoisotopic (exact) mass is 209 g/mol. The second-order valence-electron chi connectivity index (χ2n) is 2.90. The largest absolute Gasteiger partial charge is 0.495 e. The number of ether oxygens (including phenoxy) is 2. The predicted octanol–water partition coefficient (Wildman–Crippen LogP) is 2.24. The summed E-state index contributed by atoms with van der Waals surface area (Å²) in [6.07, 6.45) is 0. The lowest BCUT2D eigenvalue weighted by atomic mass is 10.1. The van der Waals surface area contributed by atoms with Crippen molar-refractivity contribution in [3.8, 4) is 11.8 Å². The normalized spacial score (nSPS) is 9.73. The minimum Gasteiger partial charge on any atom is -0.495 e. The molecule has 0 heterocycles. The molecule has 0 unspecified atom stereocenters. The van der Waals surface area contributed by atoms with Crippen LogP contribution >= 0.6 is 0 Å². The molecule has 3 nitrogen and oxygen atoms in total. The fourth-order valence-electron chi connectivity index (χ4n) is 1.21. The molecular weight excluding hydrogens is 197 g/mol. The number of hydrogen-bond donors (Lipinski definition) is 0. The van der Waals surface area contributed by atoms with Crippen LogP contribution in [-0.4, -0.2) is 13.7 Å². The van der Waals surface area contributed by atoms with Crippen LogP contribution < -0.4 is 4.74 Å². The summed E-state index contributed by atoms with van der Waals surface area (Å²) in [7, 11) is 1.40. The zero-order valence-corrected chi connectivity index (χ0v) is 8.71. The van der Waals surface area contributed by atoms with Gasteiger partial charge in [0.25, 0.3) is 0 Å². The molecule has 0 fully saturated rings. The predicted molar refractivity (Wildman–Crippen MR) is 53.0 cm³/mol. The Hall–Kier alpha value is -1.60. The third-order valence-electron chi connectivity index (χ3n) is 1.92. The van der Waals surface area contributed by atoms with Gasteiger partial charge in [-0.05, 0) is 24.6 Å². The standard InChI is InChI=1S/C11H12FNO2/c1-3-15-7-8-4-10(12)9(6-13)11(5-8)14-2/h4-5H,3,7H2,1-2H3. The molecule has 1 rings (SSSR count). The van der Waals surface area contributed by atoms with E-state index in [-0.39, 0.29) is 11.3 Å². The number of hydrogen-bond acceptors (Lipinski definition) is 3. The first-order valence-electron chi connectivity index (χ1n) is 4.57. The Morgan fingerprint density at radius 1 is 1.47 bits per heavy atom. The maximum Gasteiger partial charge on any atom is 0.145 e. The van der Waals surface area contributed by atoms with E-state index in [1.54, 1.807) is 12.1 Å². The maximum absolute atomic E-state index is 13.4. The molecule has 0 saturated carbocycles. The molecule has 0 aliphatic heterocycles. The van der Waals surface area contributed by atoms with Crippen molar-refractivity contribution in [1.82, 2.24) is 0 Å². The Bertz CT molecular complexity index is 385. The molecule has 0 atom stereocenters. The number of nitrogens with zero attached hydrogens (tertiary/aromatic N) is 1. The number of halogens is 1. The Kier molecular flexibility index (Phi) is 4.07. The summed E-state index contributed by atoms with van der Waals surface area (Å²) in [5.74, 6) is -0.334. The smallest absolute Gasteiger partial charge is 0.145 e. The third kappa shape index (κ3) is 2.67. The lowest BCUT2D eigenvalue weighted by Crippen LogP contribution is -1.97. The van der Waals surface area contributed by atoms with Gasteiger partial charge in [-0.15, -0.1) is 0 Å². The fourth-order valence-corrected chi connectivity index (χ4v) is 1.21. The van der Waals surface area contributed by atoms with Gasteiger partial charge in [0, 0.05) is 6.61 Å². The van der Waals surface area contributed by atoms with Crippen molar-refractivity contribution < 1.29 is 13.9 Å². The summed E-state index contributed by atoms with van der Waals surface area (Å²) in [5, 5.41) is 8.70. The van der Waals surface area contributed by atoms with Crippen LogP contribution in [0.4, 0.5) is 4.39 Å². The van der Waals surface area contributed by atoms with E-state index in [1.165, 1.54) is 13.2 Å². The van der Waals surface area contributed by atoms with E-state index in [9.17, 15) is 4.39 Å². The molecule has 1 aromatic carbocycles. The lowest BCUT2D eigenvalue weighted by molar-refractivity contribution is 0.133. The molecular formula is C11H12FNO2. The summed E-state index contributed by atoms with van der Waals surface area (Å²) >= 11 is 0. The van der Waals surface area contributed by atoms with Crippen LogP contribution in [0.1, 0.15) is 18.1 Å². The summed E-state index contributed by atoms with van der Waals surface area (Å²) < 4.78 is 23.4. The summed E-state index contributed by atoms with van der Waals surface area (Å²) in [5.41, 5.74) is 0.586. The SMILES string of the molecule is CCOCc1cc(F)c(C#N)c(OC)c1. The fraction of sp³-hybridized carbons (Fsp3) is 0.364. The van der Waals surface area contributed by atoms with Gasteiger partial charge >= 0.3 is 0 Å². The van der Waals surface area contributed by atoms with Crippen molar-refractivity contribution in [2.45, 2.75) is 13.5 Å². The summed E-state index contributed by atoms with van der Waals surface area (Å²) in [4.78, 5) is 0. The van der Waals surface area contributed by atoms with E-state index in [1.807, 2.05) is 6.92 Å². The Morgan fingerprint density at radius 2 is 2.20 bits per heavy atom.